The minimum absolute atomic E-state index is 0.151. The Bertz CT molecular complexity index is 1140. The summed E-state index contributed by atoms with van der Waals surface area (Å²) in [5.41, 5.74) is 1.71. The van der Waals surface area contributed by atoms with E-state index in [2.05, 4.69) is 15.6 Å². The molecule has 1 aliphatic rings. The Balaban J connectivity index is 1.37. The number of aromatic nitrogens is 1. The van der Waals surface area contributed by atoms with Crippen LogP contribution in [0.3, 0.4) is 0 Å². The first-order valence-corrected chi connectivity index (χ1v) is 10.8. The van der Waals surface area contributed by atoms with Crippen molar-refractivity contribution in [3.8, 4) is 11.5 Å². The molecule has 164 valence electrons. The molecule has 2 heterocycles. The van der Waals surface area contributed by atoms with E-state index in [1.54, 1.807) is 42.6 Å². The van der Waals surface area contributed by atoms with Crippen LogP contribution in [0.25, 0.3) is 0 Å². The third kappa shape index (κ3) is 5.12. The molecule has 32 heavy (non-hydrogen) atoms. The number of nitrogens with one attached hydrogen (secondary N) is 2. The van der Waals surface area contributed by atoms with Gasteiger partial charge < -0.3 is 25.0 Å². The molecular formula is C23H22N4O4S. The average Bonchev–Trinajstić information content (AvgIpc) is 3.26. The first kappa shape index (κ1) is 21.5. The van der Waals surface area contributed by atoms with E-state index in [4.69, 9.17) is 9.47 Å². The fraction of sp³-hybridized carbons (Fsp3) is 0.174. The maximum absolute atomic E-state index is 12.8. The summed E-state index contributed by atoms with van der Waals surface area (Å²) in [7, 11) is 3.80. The zero-order valence-electron chi connectivity index (χ0n) is 17.6. The molecule has 2 amide bonds. The Morgan fingerprint density at radius 3 is 2.56 bits per heavy atom. The van der Waals surface area contributed by atoms with Crippen LogP contribution in [-0.2, 0) is 4.79 Å². The Morgan fingerprint density at radius 1 is 1.00 bits per heavy atom. The second-order valence-corrected chi connectivity index (χ2v) is 8.17. The minimum atomic E-state index is -0.260. The second-order valence-electron chi connectivity index (χ2n) is 7.15. The number of benzene rings is 2. The van der Waals surface area contributed by atoms with Crippen LogP contribution in [0.1, 0.15) is 10.4 Å². The monoisotopic (exact) mass is 450 g/mol. The van der Waals surface area contributed by atoms with Gasteiger partial charge in [0.05, 0.1) is 23.2 Å². The summed E-state index contributed by atoms with van der Waals surface area (Å²) >= 11 is 1.29. The number of thioether (sulfide) groups is 1. The highest BCUT2D eigenvalue weighted by atomic mass is 32.2. The van der Waals surface area contributed by atoms with Crippen molar-refractivity contribution in [2.75, 3.05) is 42.2 Å². The molecule has 9 heteroatoms. The van der Waals surface area contributed by atoms with Crippen LogP contribution in [0.4, 0.5) is 17.2 Å². The molecule has 0 saturated carbocycles. The lowest BCUT2D eigenvalue weighted by Gasteiger charge is -2.13. The molecule has 0 aliphatic carbocycles. The standard InChI is InChI=1S/C23H22N4O4S/c1-27(2)21-10-8-16(12-24-21)26-23(29)17-5-3-4-6-20(17)32-13-22(28)25-15-7-9-18-19(11-15)31-14-30-18/h3-12H,13-14H2,1-2H3,(H,25,28)(H,26,29). The molecule has 0 spiro atoms. The van der Waals surface area contributed by atoms with Gasteiger partial charge in [-0.25, -0.2) is 4.98 Å². The van der Waals surface area contributed by atoms with Gasteiger partial charge in [0, 0.05) is 30.7 Å². The highest BCUT2D eigenvalue weighted by Gasteiger charge is 2.16. The number of amides is 2. The molecule has 2 N–H and O–H groups in total. The number of carbonyl (C=O) groups is 2. The Hall–Kier alpha value is -3.72. The van der Waals surface area contributed by atoms with E-state index in [0.717, 1.165) is 5.82 Å². The SMILES string of the molecule is CN(C)c1ccc(NC(=O)c2ccccc2SCC(=O)Nc2ccc3c(c2)OCO3)cn1. The minimum Gasteiger partial charge on any atom is -0.454 e. The van der Waals surface area contributed by atoms with E-state index < -0.39 is 0 Å². The van der Waals surface area contributed by atoms with Crippen LogP contribution in [0.15, 0.2) is 65.7 Å². The number of hydrogen-bond acceptors (Lipinski definition) is 7. The highest BCUT2D eigenvalue weighted by Crippen LogP contribution is 2.34. The normalized spacial score (nSPS) is 11.7. The molecule has 4 rings (SSSR count). The number of hydrogen-bond donors (Lipinski definition) is 2. The van der Waals surface area contributed by atoms with Crippen LogP contribution in [-0.4, -0.2) is 43.4 Å². The van der Waals surface area contributed by atoms with Gasteiger partial charge in [0.1, 0.15) is 5.82 Å². The first-order chi connectivity index (χ1) is 15.5. The fourth-order valence-corrected chi connectivity index (χ4v) is 3.87. The number of pyridine rings is 1. The van der Waals surface area contributed by atoms with E-state index in [0.29, 0.717) is 33.3 Å². The van der Waals surface area contributed by atoms with Gasteiger partial charge in [0.2, 0.25) is 12.7 Å². The van der Waals surface area contributed by atoms with Crippen molar-refractivity contribution in [2.24, 2.45) is 0 Å². The Morgan fingerprint density at radius 2 is 1.78 bits per heavy atom. The topological polar surface area (TPSA) is 92.8 Å². The van der Waals surface area contributed by atoms with Crippen molar-refractivity contribution in [3.63, 3.8) is 0 Å². The maximum Gasteiger partial charge on any atom is 0.256 e. The average molecular weight is 451 g/mol. The predicted octanol–water partition coefficient (Wildman–Crippen LogP) is 3.86. The lowest BCUT2D eigenvalue weighted by atomic mass is 10.2. The maximum atomic E-state index is 12.8. The Kier molecular flexibility index (Phi) is 6.46. The second kappa shape index (κ2) is 9.61. The van der Waals surface area contributed by atoms with Gasteiger partial charge in [-0.3, -0.25) is 9.59 Å². The third-order valence-corrected chi connectivity index (χ3v) is 5.68. The summed E-state index contributed by atoms with van der Waals surface area (Å²) in [6, 6.07) is 16.0. The zero-order valence-corrected chi connectivity index (χ0v) is 18.4. The van der Waals surface area contributed by atoms with Crippen molar-refractivity contribution in [3.05, 3.63) is 66.4 Å². The summed E-state index contributed by atoms with van der Waals surface area (Å²) in [6.45, 7) is 0.178. The van der Waals surface area contributed by atoms with Crippen LogP contribution in [0.2, 0.25) is 0 Å². The molecule has 0 atom stereocenters. The van der Waals surface area contributed by atoms with E-state index in [-0.39, 0.29) is 24.4 Å². The molecule has 0 fully saturated rings. The lowest BCUT2D eigenvalue weighted by Crippen LogP contribution is -2.16. The van der Waals surface area contributed by atoms with Gasteiger partial charge in [-0.2, -0.15) is 0 Å². The summed E-state index contributed by atoms with van der Waals surface area (Å²) in [5.74, 6) is 1.76. The molecule has 0 unspecified atom stereocenters. The van der Waals surface area contributed by atoms with Crippen LogP contribution >= 0.6 is 11.8 Å². The van der Waals surface area contributed by atoms with Crippen molar-refractivity contribution in [2.45, 2.75) is 4.90 Å². The number of ether oxygens (including phenoxy) is 2. The van der Waals surface area contributed by atoms with Gasteiger partial charge >= 0.3 is 0 Å². The summed E-state index contributed by atoms with van der Waals surface area (Å²) < 4.78 is 10.6. The number of carbonyl (C=O) groups excluding carboxylic acids is 2. The van der Waals surface area contributed by atoms with E-state index >= 15 is 0 Å². The van der Waals surface area contributed by atoms with Crippen molar-refractivity contribution < 1.29 is 19.1 Å². The molecular weight excluding hydrogens is 428 g/mol. The van der Waals surface area contributed by atoms with E-state index in [1.165, 1.54) is 11.8 Å². The van der Waals surface area contributed by atoms with E-state index in [9.17, 15) is 9.59 Å². The molecule has 0 saturated heterocycles. The highest BCUT2D eigenvalue weighted by molar-refractivity contribution is 8.00. The fourth-order valence-electron chi connectivity index (χ4n) is 3.02. The van der Waals surface area contributed by atoms with Crippen molar-refractivity contribution >= 4 is 40.8 Å². The van der Waals surface area contributed by atoms with Gasteiger partial charge in [-0.1, -0.05) is 12.1 Å². The first-order valence-electron chi connectivity index (χ1n) is 9.85. The van der Waals surface area contributed by atoms with Crippen LogP contribution < -0.4 is 25.0 Å². The largest absolute Gasteiger partial charge is 0.454 e. The third-order valence-electron chi connectivity index (χ3n) is 4.61. The quantitative estimate of drug-likeness (QED) is 0.528. The molecule has 2 aromatic carbocycles. The summed E-state index contributed by atoms with van der Waals surface area (Å²) in [6.07, 6.45) is 1.61. The molecule has 1 aliphatic heterocycles. The molecule has 1 aromatic heterocycles. The molecule has 3 aromatic rings. The van der Waals surface area contributed by atoms with Crippen LogP contribution in [0.5, 0.6) is 11.5 Å². The predicted molar refractivity (Wildman–Crippen MR) is 125 cm³/mol. The summed E-state index contributed by atoms with van der Waals surface area (Å²) in [4.78, 5) is 32.1. The number of fused-ring (bicyclic) bond motifs is 1. The Labute approximate surface area is 189 Å². The van der Waals surface area contributed by atoms with Crippen molar-refractivity contribution in [1.29, 1.82) is 0 Å². The smallest absolute Gasteiger partial charge is 0.256 e. The van der Waals surface area contributed by atoms with Crippen molar-refractivity contribution in [1.82, 2.24) is 4.98 Å². The molecule has 0 radical (unpaired) electrons. The van der Waals surface area contributed by atoms with Gasteiger partial charge in [0.15, 0.2) is 11.5 Å². The zero-order chi connectivity index (χ0) is 22.5. The van der Waals surface area contributed by atoms with Crippen LogP contribution in [0, 0.1) is 0 Å². The summed E-state index contributed by atoms with van der Waals surface area (Å²) in [5, 5.41) is 5.69. The van der Waals surface area contributed by atoms with Gasteiger partial charge in [-0.15, -0.1) is 11.8 Å². The number of anilines is 3. The van der Waals surface area contributed by atoms with Gasteiger partial charge in [0.25, 0.3) is 5.91 Å². The lowest BCUT2D eigenvalue weighted by molar-refractivity contribution is -0.113. The molecule has 8 nitrogen and oxygen atoms in total. The van der Waals surface area contributed by atoms with Gasteiger partial charge in [-0.05, 0) is 36.4 Å². The number of rotatable bonds is 7. The molecule has 0 bridgehead atoms. The van der Waals surface area contributed by atoms with E-state index in [1.807, 2.05) is 37.2 Å². The number of nitrogens with zero attached hydrogens (tertiary/aromatic N) is 2.